The van der Waals surface area contributed by atoms with E-state index >= 15 is 0 Å². The number of carbonyl (C=O) groups excluding carboxylic acids is 1. The highest BCUT2D eigenvalue weighted by molar-refractivity contribution is 6.52. The first-order valence-electron chi connectivity index (χ1n) is 4.58. The van der Waals surface area contributed by atoms with Crippen molar-refractivity contribution in [1.82, 2.24) is 0 Å². The molecule has 0 fully saturated rings. The number of benzene rings is 1. The van der Waals surface area contributed by atoms with E-state index in [1.807, 2.05) is 30.3 Å². The second kappa shape index (κ2) is 4.68. The Bertz CT molecular complexity index is 523. The van der Waals surface area contributed by atoms with Gasteiger partial charge in [0.1, 0.15) is 0 Å². The van der Waals surface area contributed by atoms with Gasteiger partial charge < -0.3 is 0 Å². The summed E-state index contributed by atoms with van der Waals surface area (Å²) in [4.78, 5) is 15.1. The standard InChI is InChI=1S/C11H8Cl2NO2/c12-10(13)11(15)16-14-7-3-5-8-4-1-2-6-9(8)14/h1-7,10H/q+1. The maximum atomic E-state index is 11.2. The fraction of sp³-hybridized carbons (Fsp3) is 0.0909. The van der Waals surface area contributed by atoms with Crippen molar-refractivity contribution in [1.29, 1.82) is 0 Å². The summed E-state index contributed by atoms with van der Waals surface area (Å²) in [5.41, 5.74) is 0.771. The number of alkyl halides is 2. The fourth-order valence-electron chi connectivity index (χ4n) is 1.35. The summed E-state index contributed by atoms with van der Waals surface area (Å²) < 4.78 is 1.34. The van der Waals surface area contributed by atoms with Gasteiger partial charge in [-0.15, -0.1) is 0 Å². The number of fused-ring (bicyclic) bond motifs is 1. The molecular formula is C11H8Cl2NO2+. The molecule has 1 aromatic heterocycles. The number of aromatic nitrogens is 1. The zero-order chi connectivity index (χ0) is 11.5. The third-order valence-corrected chi connectivity index (χ3v) is 2.39. The molecule has 0 N–H and O–H groups in total. The lowest BCUT2D eigenvalue weighted by Gasteiger charge is -1.99. The SMILES string of the molecule is O=C(O[n+]1cccc2ccccc21)C(Cl)Cl. The summed E-state index contributed by atoms with van der Waals surface area (Å²) in [6.07, 6.45) is 1.62. The van der Waals surface area contributed by atoms with Gasteiger partial charge in [-0.3, -0.25) is 0 Å². The molecular weight excluding hydrogens is 249 g/mol. The van der Waals surface area contributed by atoms with Crippen LogP contribution >= 0.6 is 23.2 Å². The lowest BCUT2D eigenvalue weighted by Crippen LogP contribution is -2.47. The van der Waals surface area contributed by atoms with E-state index < -0.39 is 10.8 Å². The van der Waals surface area contributed by atoms with E-state index in [0.29, 0.717) is 0 Å². The van der Waals surface area contributed by atoms with E-state index in [2.05, 4.69) is 0 Å². The molecule has 82 valence electrons. The Hall–Kier alpha value is -1.32. The van der Waals surface area contributed by atoms with Crippen LogP contribution in [0.3, 0.4) is 0 Å². The van der Waals surface area contributed by atoms with Crippen molar-refractivity contribution in [3.05, 3.63) is 42.6 Å². The second-order valence-corrected chi connectivity index (χ2v) is 4.20. The van der Waals surface area contributed by atoms with Crippen molar-refractivity contribution in [3.63, 3.8) is 0 Å². The first kappa shape index (κ1) is 11.2. The molecule has 0 aliphatic heterocycles. The monoisotopic (exact) mass is 256 g/mol. The number of carbonyl (C=O) groups is 1. The van der Waals surface area contributed by atoms with Gasteiger partial charge in [-0.1, -0.05) is 35.3 Å². The van der Waals surface area contributed by atoms with Gasteiger partial charge in [0, 0.05) is 16.9 Å². The Morgan fingerprint density at radius 3 is 2.62 bits per heavy atom. The Morgan fingerprint density at radius 1 is 1.19 bits per heavy atom. The van der Waals surface area contributed by atoms with Crippen molar-refractivity contribution in [3.8, 4) is 0 Å². The lowest BCUT2D eigenvalue weighted by atomic mass is 10.2. The van der Waals surface area contributed by atoms with Crippen LogP contribution in [0.4, 0.5) is 0 Å². The molecule has 1 aromatic carbocycles. The van der Waals surface area contributed by atoms with E-state index in [0.717, 1.165) is 10.9 Å². The minimum atomic E-state index is -1.19. The number of pyridine rings is 1. The summed E-state index contributed by atoms with van der Waals surface area (Å²) in [6, 6.07) is 11.2. The predicted octanol–water partition coefficient (Wildman–Crippen LogP) is 1.89. The van der Waals surface area contributed by atoms with Crippen molar-refractivity contribution >= 4 is 40.1 Å². The molecule has 1 heterocycles. The summed E-state index contributed by atoms with van der Waals surface area (Å²) in [7, 11) is 0. The van der Waals surface area contributed by atoms with Gasteiger partial charge in [-0.05, 0) is 12.1 Å². The Morgan fingerprint density at radius 2 is 1.88 bits per heavy atom. The van der Waals surface area contributed by atoms with Crippen LogP contribution in [0.1, 0.15) is 0 Å². The minimum absolute atomic E-state index is 0.704. The average Bonchev–Trinajstić information content (AvgIpc) is 2.29. The molecule has 2 rings (SSSR count). The Labute approximate surface area is 102 Å². The zero-order valence-corrected chi connectivity index (χ0v) is 9.65. The number of para-hydroxylation sites is 1. The molecule has 0 aliphatic carbocycles. The molecule has 0 atom stereocenters. The normalized spacial score (nSPS) is 10.7. The average molecular weight is 257 g/mol. The van der Waals surface area contributed by atoms with Crippen molar-refractivity contribution in [2.75, 3.05) is 0 Å². The minimum Gasteiger partial charge on any atom is -0.241 e. The van der Waals surface area contributed by atoms with Crippen LogP contribution in [0.15, 0.2) is 42.6 Å². The molecule has 0 bridgehead atoms. The number of hydrogen-bond acceptors (Lipinski definition) is 2. The molecule has 0 amide bonds. The van der Waals surface area contributed by atoms with Gasteiger partial charge in [-0.2, -0.15) is 4.84 Å². The van der Waals surface area contributed by atoms with Crippen LogP contribution in [0.25, 0.3) is 10.9 Å². The van der Waals surface area contributed by atoms with Crippen LogP contribution in [0.2, 0.25) is 0 Å². The predicted molar refractivity (Wildman–Crippen MR) is 61.2 cm³/mol. The quantitative estimate of drug-likeness (QED) is 0.607. The third kappa shape index (κ3) is 2.26. The summed E-state index contributed by atoms with van der Waals surface area (Å²) >= 11 is 10.8. The second-order valence-electron chi connectivity index (χ2n) is 3.10. The lowest BCUT2D eigenvalue weighted by molar-refractivity contribution is -0.848. The van der Waals surface area contributed by atoms with Crippen molar-refractivity contribution in [2.45, 2.75) is 4.84 Å². The molecule has 0 spiro atoms. The highest BCUT2D eigenvalue weighted by Crippen LogP contribution is 2.07. The smallest absolute Gasteiger partial charge is 0.241 e. The van der Waals surface area contributed by atoms with Gasteiger partial charge in [0.25, 0.3) is 5.52 Å². The van der Waals surface area contributed by atoms with Crippen molar-refractivity contribution < 1.29 is 14.4 Å². The molecule has 0 saturated carbocycles. The van der Waals surface area contributed by atoms with Crippen LogP contribution in [0, 0.1) is 0 Å². The molecule has 0 radical (unpaired) electrons. The van der Waals surface area contributed by atoms with E-state index in [9.17, 15) is 4.79 Å². The molecule has 0 unspecified atom stereocenters. The number of halogens is 2. The molecule has 5 heteroatoms. The summed E-state index contributed by atoms with van der Waals surface area (Å²) in [5, 5.41) is 0.957. The van der Waals surface area contributed by atoms with Crippen molar-refractivity contribution in [2.24, 2.45) is 0 Å². The van der Waals surface area contributed by atoms with Crippen LogP contribution in [0.5, 0.6) is 0 Å². The summed E-state index contributed by atoms with van der Waals surface area (Å²) in [5.74, 6) is -0.704. The van der Waals surface area contributed by atoms with E-state index in [1.54, 1.807) is 12.3 Å². The number of hydrogen-bond donors (Lipinski definition) is 0. The Kier molecular flexibility index (Phi) is 3.27. The molecule has 0 saturated heterocycles. The van der Waals surface area contributed by atoms with Crippen LogP contribution in [-0.4, -0.2) is 10.8 Å². The molecule has 16 heavy (non-hydrogen) atoms. The summed E-state index contributed by atoms with van der Waals surface area (Å²) in [6.45, 7) is 0. The first-order valence-corrected chi connectivity index (χ1v) is 5.45. The van der Waals surface area contributed by atoms with Gasteiger partial charge in [0.05, 0.1) is 5.39 Å². The maximum absolute atomic E-state index is 11.2. The zero-order valence-electron chi connectivity index (χ0n) is 8.14. The number of nitrogens with zero attached hydrogens (tertiary/aromatic N) is 1. The van der Waals surface area contributed by atoms with E-state index in [1.165, 1.54) is 4.73 Å². The maximum Gasteiger partial charge on any atom is 0.412 e. The van der Waals surface area contributed by atoms with Gasteiger partial charge in [-0.25, -0.2) is 4.79 Å². The van der Waals surface area contributed by atoms with Crippen LogP contribution in [-0.2, 0) is 4.79 Å². The molecule has 3 nitrogen and oxygen atoms in total. The topological polar surface area (TPSA) is 30.2 Å². The molecule has 2 aromatic rings. The highest BCUT2D eigenvalue weighted by atomic mass is 35.5. The van der Waals surface area contributed by atoms with E-state index in [4.69, 9.17) is 28.0 Å². The largest absolute Gasteiger partial charge is 0.412 e. The highest BCUT2D eigenvalue weighted by Gasteiger charge is 2.21. The van der Waals surface area contributed by atoms with Crippen LogP contribution < -0.4 is 9.57 Å². The fourth-order valence-corrected chi connectivity index (χ4v) is 1.43. The van der Waals surface area contributed by atoms with Gasteiger partial charge in [0.15, 0.2) is 0 Å². The van der Waals surface area contributed by atoms with Gasteiger partial charge >= 0.3 is 5.97 Å². The number of rotatable bonds is 2. The van der Waals surface area contributed by atoms with Gasteiger partial charge in [0.2, 0.25) is 11.0 Å². The first-order chi connectivity index (χ1) is 7.68. The Balaban J connectivity index is 2.41. The molecule has 0 aliphatic rings. The van der Waals surface area contributed by atoms with E-state index in [-0.39, 0.29) is 0 Å². The third-order valence-electron chi connectivity index (χ3n) is 2.04.